The molecule has 1 unspecified atom stereocenters. The third-order valence-electron chi connectivity index (χ3n) is 6.25. The lowest BCUT2D eigenvalue weighted by molar-refractivity contribution is -0.134. The first-order valence-corrected chi connectivity index (χ1v) is 13.4. The van der Waals surface area contributed by atoms with Crippen LogP contribution in [0.15, 0.2) is 41.3 Å². The van der Waals surface area contributed by atoms with E-state index in [0.29, 0.717) is 11.6 Å². The summed E-state index contributed by atoms with van der Waals surface area (Å²) in [5.74, 6) is -3.70. The Bertz CT molecular complexity index is 1120. The molecule has 2 saturated heterocycles. The lowest BCUT2D eigenvalue weighted by atomic mass is 10.2. The highest BCUT2D eigenvalue weighted by Crippen LogP contribution is 2.32. The van der Waals surface area contributed by atoms with Crippen molar-refractivity contribution in [2.24, 2.45) is 0 Å². The number of rotatable bonds is 8. The molecule has 2 aromatic carbocycles. The number of piperazine rings is 1. The van der Waals surface area contributed by atoms with Crippen LogP contribution in [0.4, 0.5) is 13.6 Å². The molecule has 0 aromatic heterocycles. The van der Waals surface area contributed by atoms with Crippen LogP contribution in [0.25, 0.3) is 0 Å². The van der Waals surface area contributed by atoms with Crippen LogP contribution in [0.1, 0.15) is 12.8 Å². The second-order valence-electron chi connectivity index (χ2n) is 8.76. The lowest BCUT2D eigenvalue weighted by Gasteiger charge is -2.38. The van der Waals surface area contributed by atoms with E-state index in [2.05, 4.69) is 4.90 Å². The molecule has 2 aliphatic rings. The minimum atomic E-state index is -2.21. The molecule has 2 heterocycles. The molecule has 10 nitrogen and oxygen atoms in total. The molecule has 2 aromatic rings. The largest absolute Gasteiger partial charge is 0.593 e. The molecule has 2 fully saturated rings. The smallest absolute Gasteiger partial charge is 0.409 e. The van der Waals surface area contributed by atoms with Gasteiger partial charge in [-0.25, -0.2) is 19.1 Å². The number of benzene rings is 2. The van der Waals surface area contributed by atoms with Crippen molar-refractivity contribution in [2.75, 3.05) is 45.9 Å². The zero-order valence-corrected chi connectivity index (χ0v) is 21.9. The van der Waals surface area contributed by atoms with Gasteiger partial charge in [-0.1, -0.05) is 11.6 Å². The standard InChI is InChI=1S/C24H27ClF2N4O6S/c25-16-3-5-17(6-4-16)37-22-19(26)13-18(14-20(22)27)38(35)31-10-9-30(15-21(31)23(32)28-34)24(33)36-12-11-29-7-1-2-8-29/h3-6,13-14,21,34H,1-2,7-12,15H2,(H,28,32)/t21-,38?/m1/s1. The van der Waals surface area contributed by atoms with Crippen molar-refractivity contribution in [2.45, 2.75) is 23.8 Å². The average molecular weight is 573 g/mol. The van der Waals surface area contributed by atoms with Gasteiger partial charge in [0.05, 0.1) is 24.5 Å². The molecule has 0 radical (unpaired) electrons. The Labute approximate surface area is 226 Å². The van der Waals surface area contributed by atoms with Crippen LogP contribution in [0.2, 0.25) is 5.02 Å². The van der Waals surface area contributed by atoms with Crippen molar-refractivity contribution in [3.8, 4) is 11.5 Å². The summed E-state index contributed by atoms with van der Waals surface area (Å²) in [5.41, 5.74) is 1.50. The SMILES string of the molecule is O=C(NO)[C@H]1CN(C(=O)OCCN2CCCC2)CCN1[S+]([O-])c1cc(F)c(Oc2ccc(Cl)cc2)c(F)c1. The van der Waals surface area contributed by atoms with Gasteiger partial charge in [0.25, 0.3) is 5.91 Å². The lowest BCUT2D eigenvalue weighted by Crippen LogP contribution is -2.61. The Hall–Kier alpha value is -2.68. The predicted molar refractivity (Wildman–Crippen MR) is 133 cm³/mol. The van der Waals surface area contributed by atoms with E-state index in [4.69, 9.17) is 21.1 Å². The van der Waals surface area contributed by atoms with Crippen LogP contribution in [0, 0.1) is 11.6 Å². The second kappa shape index (κ2) is 12.9. The van der Waals surface area contributed by atoms with Gasteiger partial charge in [-0.05, 0) is 50.2 Å². The number of carbonyl (C=O) groups is 2. The molecule has 4 rings (SSSR count). The summed E-state index contributed by atoms with van der Waals surface area (Å²) in [6.45, 7) is 2.41. The van der Waals surface area contributed by atoms with E-state index in [1.807, 2.05) is 0 Å². The van der Waals surface area contributed by atoms with Gasteiger partial charge in [0.2, 0.25) is 0 Å². The first-order chi connectivity index (χ1) is 18.3. The molecule has 0 aliphatic carbocycles. The van der Waals surface area contributed by atoms with E-state index >= 15 is 0 Å². The van der Waals surface area contributed by atoms with Gasteiger partial charge in [0.1, 0.15) is 12.4 Å². The Morgan fingerprint density at radius 2 is 1.76 bits per heavy atom. The number of ether oxygens (including phenoxy) is 2. The molecule has 0 spiro atoms. The number of hydroxylamine groups is 1. The fourth-order valence-corrected chi connectivity index (χ4v) is 5.72. The number of hydrogen-bond acceptors (Lipinski definition) is 8. The second-order valence-corrected chi connectivity index (χ2v) is 10.6. The molecule has 2 N–H and O–H groups in total. The Balaban J connectivity index is 1.43. The molecule has 0 saturated carbocycles. The van der Waals surface area contributed by atoms with Gasteiger partial charge in [-0.3, -0.25) is 14.9 Å². The Morgan fingerprint density at radius 3 is 2.39 bits per heavy atom. The van der Waals surface area contributed by atoms with Gasteiger partial charge in [-0.15, -0.1) is 4.31 Å². The number of halogens is 3. The monoisotopic (exact) mass is 572 g/mol. The number of nitrogens with one attached hydrogen (secondary N) is 1. The first kappa shape index (κ1) is 28.3. The van der Waals surface area contributed by atoms with E-state index in [9.17, 15) is 28.1 Å². The molecule has 14 heteroatoms. The highest BCUT2D eigenvalue weighted by atomic mass is 35.5. The molecular weight excluding hydrogens is 546 g/mol. The summed E-state index contributed by atoms with van der Waals surface area (Å²) < 4.78 is 54.6. The predicted octanol–water partition coefficient (Wildman–Crippen LogP) is 3.16. The summed E-state index contributed by atoms with van der Waals surface area (Å²) in [5, 5.41) is 9.63. The molecular formula is C24H27ClF2N4O6S. The normalized spacial score (nSPS) is 19.3. The number of likely N-dealkylation sites (tertiary alicyclic amines) is 1. The maximum Gasteiger partial charge on any atom is 0.409 e. The highest BCUT2D eigenvalue weighted by Gasteiger charge is 2.42. The minimum absolute atomic E-state index is 0.0478. The van der Waals surface area contributed by atoms with Crippen LogP contribution in [0.3, 0.4) is 0 Å². The highest BCUT2D eigenvalue weighted by molar-refractivity contribution is 7.89. The van der Waals surface area contributed by atoms with Crippen LogP contribution < -0.4 is 10.2 Å². The van der Waals surface area contributed by atoms with Crippen LogP contribution in [0.5, 0.6) is 11.5 Å². The van der Waals surface area contributed by atoms with Crippen molar-refractivity contribution in [3.05, 3.63) is 53.1 Å². The van der Waals surface area contributed by atoms with Crippen LogP contribution in [-0.2, 0) is 20.9 Å². The van der Waals surface area contributed by atoms with Crippen molar-refractivity contribution >= 4 is 35.0 Å². The molecule has 206 valence electrons. The van der Waals surface area contributed by atoms with Gasteiger partial charge in [0.15, 0.2) is 28.3 Å². The van der Waals surface area contributed by atoms with Crippen LogP contribution >= 0.6 is 11.6 Å². The van der Waals surface area contributed by atoms with E-state index in [1.165, 1.54) is 34.6 Å². The summed E-state index contributed by atoms with van der Waals surface area (Å²) >= 11 is 3.59. The number of nitrogens with zero attached hydrogens (tertiary/aromatic N) is 3. The van der Waals surface area contributed by atoms with Gasteiger partial charge in [-0.2, -0.15) is 0 Å². The fourth-order valence-electron chi connectivity index (χ4n) is 4.27. The van der Waals surface area contributed by atoms with E-state index in [0.717, 1.165) is 42.4 Å². The summed E-state index contributed by atoms with van der Waals surface area (Å²) in [6.07, 6.45) is 1.57. The van der Waals surface area contributed by atoms with Gasteiger partial charge in [0, 0.05) is 30.2 Å². The number of amides is 2. The molecule has 2 amide bonds. The van der Waals surface area contributed by atoms with Gasteiger partial charge >= 0.3 is 6.09 Å². The average Bonchev–Trinajstić information content (AvgIpc) is 3.44. The van der Waals surface area contributed by atoms with Crippen molar-refractivity contribution in [1.29, 1.82) is 0 Å². The van der Waals surface area contributed by atoms with Crippen LogP contribution in [-0.4, -0.2) is 87.8 Å². The Morgan fingerprint density at radius 1 is 1.11 bits per heavy atom. The minimum Gasteiger partial charge on any atom is -0.593 e. The number of hydrogen-bond donors (Lipinski definition) is 2. The molecule has 2 atom stereocenters. The summed E-state index contributed by atoms with van der Waals surface area (Å²) in [6, 6.07) is 6.27. The van der Waals surface area contributed by atoms with Gasteiger partial charge < -0.3 is 18.9 Å². The molecule has 38 heavy (non-hydrogen) atoms. The first-order valence-electron chi connectivity index (χ1n) is 12.0. The molecule has 2 aliphatic heterocycles. The van der Waals surface area contributed by atoms with Crippen molar-refractivity contribution < 1.29 is 37.6 Å². The quantitative estimate of drug-likeness (QED) is 0.281. The topological polar surface area (TPSA) is 118 Å². The van der Waals surface area contributed by atoms with Crippen molar-refractivity contribution in [3.63, 3.8) is 0 Å². The van der Waals surface area contributed by atoms with E-state index in [1.54, 1.807) is 0 Å². The third kappa shape index (κ3) is 6.84. The summed E-state index contributed by atoms with van der Waals surface area (Å²) in [4.78, 5) is 28.1. The van der Waals surface area contributed by atoms with Crippen molar-refractivity contribution in [1.82, 2.24) is 19.6 Å². The number of carbonyl (C=O) groups excluding carboxylic acids is 2. The maximum atomic E-state index is 14.8. The molecule has 0 bridgehead atoms. The Kier molecular flexibility index (Phi) is 9.63. The third-order valence-corrected chi connectivity index (χ3v) is 8.01. The zero-order chi connectivity index (χ0) is 27.2. The van der Waals surface area contributed by atoms with E-state index in [-0.39, 0.29) is 36.9 Å². The van der Waals surface area contributed by atoms with E-state index < -0.39 is 46.8 Å². The fraction of sp³-hybridized carbons (Fsp3) is 0.417. The maximum absolute atomic E-state index is 14.8. The summed E-state index contributed by atoms with van der Waals surface area (Å²) in [7, 11) is 0. The zero-order valence-electron chi connectivity index (χ0n) is 20.3.